The van der Waals surface area contributed by atoms with Crippen molar-refractivity contribution in [3.8, 4) is 17.3 Å². The number of imidazole rings is 1. The second-order valence-corrected chi connectivity index (χ2v) is 5.95. The highest BCUT2D eigenvalue weighted by atomic mass is 16.5. The zero-order chi connectivity index (χ0) is 17.4. The largest absolute Gasteiger partial charge is 0.481 e. The Morgan fingerprint density at radius 2 is 1.96 bits per heavy atom. The minimum Gasteiger partial charge on any atom is -0.481 e. The second kappa shape index (κ2) is 6.29. The van der Waals surface area contributed by atoms with Crippen molar-refractivity contribution in [1.29, 1.82) is 0 Å². The summed E-state index contributed by atoms with van der Waals surface area (Å²) in [6.07, 6.45) is 1.72. The summed E-state index contributed by atoms with van der Waals surface area (Å²) < 4.78 is 12.7. The zero-order valence-electron chi connectivity index (χ0n) is 14.6. The fraction of sp³-hybridized carbons (Fsp3) is 0.412. The number of nitrogens with zero attached hydrogens (tertiary/aromatic N) is 6. The molecule has 0 N–H and O–H groups in total. The lowest BCUT2D eigenvalue weighted by molar-refractivity contribution is 0.122. The summed E-state index contributed by atoms with van der Waals surface area (Å²) in [7, 11) is 3.57. The van der Waals surface area contributed by atoms with E-state index in [1.807, 2.05) is 30.7 Å². The van der Waals surface area contributed by atoms with Crippen molar-refractivity contribution in [2.45, 2.75) is 6.92 Å². The van der Waals surface area contributed by atoms with Gasteiger partial charge >= 0.3 is 0 Å². The third-order valence-corrected chi connectivity index (χ3v) is 4.32. The Balaban J connectivity index is 1.88. The summed E-state index contributed by atoms with van der Waals surface area (Å²) >= 11 is 0. The number of ether oxygens (including phenoxy) is 2. The summed E-state index contributed by atoms with van der Waals surface area (Å²) in [5.41, 5.74) is 2.55. The van der Waals surface area contributed by atoms with Crippen LogP contribution in [0.5, 0.6) is 5.88 Å². The van der Waals surface area contributed by atoms with Crippen molar-refractivity contribution >= 4 is 17.0 Å². The van der Waals surface area contributed by atoms with Crippen LogP contribution in [0.1, 0.15) is 5.82 Å². The minimum atomic E-state index is 0.556. The minimum absolute atomic E-state index is 0.556. The highest BCUT2D eigenvalue weighted by Gasteiger charge is 2.21. The molecular weight excluding hydrogens is 320 g/mol. The molecule has 3 aromatic heterocycles. The average Bonchev–Trinajstić information content (AvgIpc) is 2.98. The monoisotopic (exact) mass is 340 g/mol. The van der Waals surface area contributed by atoms with Gasteiger partial charge < -0.3 is 18.9 Å². The van der Waals surface area contributed by atoms with E-state index in [1.54, 1.807) is 13.3 Å². The van der Waals surface area contributed by atoms with Crippen LogP contribution in [0.25, 0.3) is 22.6 Å². The van der Waals surface area contributed by atoms with Gasteiger partial charge in [0.25, 0.3) is 0 Å². The first-order valence-corrected chi connectivity index (χ1v) is 8.21. The number of methoxy groups -OCH3 is 1. The number of aryl methyl sites for hydroxylation is 2. The zero-order valence-corrected chi connectivity index (χ0v) is 14.6. The van der Waals surface area contributed by atoms with Crippen molar-refractivity contribution in [1.82, 2.24) is 24.5 Å². The van der Waals surface area contributed by atoms with E-state index < -0.39 is 0 Å². The predicted octanol–water partition coefficient (Wildman–Crippen LogP) is 1.58. The van der Waals surface area contributed by atoms with E-state index in [4.69, 9.17) is 14.5 Å². The number of fused-ring (bicyclic) bond motifs is 1. The maximum Gasteiger partial charge on any atom is 0.213 e. The fourth-order valence-electron chi connectivity index (χ4n) is 3.07. The standard InChI is InChI=1S/C17H20N6O2/c1-11-19-16-14(17(20-11)23-6-8-25-9-7-23)21-15(22(16)2)12-4-5-18-13(10-12)24-3/h4-5,10H,6-9H2,1-3H3. The van der Waals surface area contributed by atoms with Crippen molar-refractivity contribution < 1.29 is 9.47 Å². The number of hydrogen-bond donors (Lipinski definition) is 0. The van der Waals surface area contributed by atoms with E-state index in [-0.39, 0.29) is 0 Å². The topological polar surface area (TPSA) is 78.2 Å². The predicted molar refractivity (Wildman–Crippen MR) is 93.9 cm³/mol. The van der Waals surface area contributed by atoms with E-state index in [9.17, 15) is 0 Å². The summed E-state index contributed by atoms with van der Waals surface area (Å²) in [4.78, 5) is 20.5. The molecule has 0 aliphatic carbocycles. The van der Waals surface area contributed by atoms with Crippen molar-refractivity contribution in [2.24, 2.45) is 7.05 Å². The lowest BCUT2D eigenvalue weighted by Gasteiger charge is -2.27. The van der Waals surface area contributed by atoms with E-state index in [0.717, 1.165) is 47.3 Å². The van der Waals surface area contributed by atoms with Gasteiger partial charge in [-0.05, 0) is 13.0 Å². The van der Waals surface area contributed by atoms with E-state index in [1.165, 1.54) is 0 Å². The molecule has 1 aliphatic heterocycles. The molecule has 0 amide bonds. The third-order valence-electron chi connectivity index (χ3n) is 4.32. The number of anilines is 1. The lowest BCUT2D eigenvalue weighted by Crippen LogP contribution is -2.37. The highest BCUT2D eigenvalue weighted by molar-refractivity contribution is 5.87. The van der Waals surface area contributed by atoms with Gasteiger partial charge in [0.15, 0.2) is 17.0 Å². The van der Waals surface area contributed by atoms with Crippen LogP contribution in [0, 0.1) is 6.92 Å². The molecule has 0 radical (unpaired) electrons. The van der Waals surface area contributed by atoms with Crippen LogP contribution in [0.4, 0.5) is 5.82 Å². The number of morpholine rings is 1. The van der Waals surface area contributed by atoms with Gasteiger partial charge in [-0.3, -0.25) is 0 Å². The Morgan fingerprint density at radius 3 is 2.72 bits per heavy atom. The van der Waals surface area contributed by atoms with Gasteiger partial charge in [0.2, 0.25) is 5.88 Å². The summed E-state index contributed by atoms with van der Waals surface area (Å²) in [6, 6.07) is 3.79. The molecule has 8 nitrogen and oxygen atoms in total. The van der Waals surface area contributed by atoms with Crippen LogP contribution in [0.2, 0.25) is 0 Å². The van der Waals surface area contributed by atoms with Crippen LogP contribution >= 0.6 is 0 Å². The number of hydrogen-bond acceptors (Lipinski definition) is 7. The molecule has 3 aromatic rings. The average molecular weight is 340 g/mol. The highest BCUT2D eigenvalue weighted by Crippen LogP contribution is 2.29. The first-order valence-electron chi connectivity index (χ1n) is 8.21. The van der Waals surface area contributed by atoms with Gasteiger partial charge in [-0.25, -0.2) is 19.9 Å². The molecule has 1 aliphatic rings. The molecule has 0 spiro atoms. The van der Waals surface area contributed by atoms with Crippen LogP contribution in [0.15, 0.2) is 18.3 Å². The molecule has 4 heterocycles. The Labute approximate surface area is 145 Å². The first kappa shape index (κ1) is 15.8. The summed E-state index contributed by atoms with van der Waals surface area (Å²) in [5.74, 6) is 2.97. The molecule has 8 heteroatoms. The van der Waals surface area contributed by atoms with Gasteiger partial charge in [-0.15, -0.1) is 0 Å². The van der Waals surface area contributed by atoms with E-state index in [0.29, 0.717) is 19.1 Å². The van der Waals surface area contributed by atoms with Gasteiger partial charge in [0.1, 0.15) is 11.6 Å². The molecule has 1 fully saturated rings. The first-order chi connectivity index (χ1) is 12.2. The van der Waals surface area contributed by atoms with Crippen LogP contribution in [-0.2, 0) is 11.8 Å². The molecule has 130 valence electrons. The van der Waals surface area contributed by atoms with E-state index in [2.05, 4.69) is 19.9 Å². The Hall–Kier alpha value is -2.74. The number of rotatable bonds is 3. The quantitative estimate of drug-likeness (QED) is 0.716. The van der Waals surface area contributed by atoms with Crippen molar-refractivity contribution in [3.05, 3.63) is 24.2 Å². The molecule has 4 rings (SSSR count). The maximum atomic E-state index is 5.46. The van der Waals surface area contributed by atoms with Gasteiger partial charge in [-0.1, -0.05) is 0 Å². The molecule has 0 bridgehead atoms. The molecule has 0 unspecified atom stereocenters. The number of pyridine rings is 1. The number of aromatic nitrogens is 5. The van der Waals surface area contributed by atoms with Crippen LogP contribution in [0.3, 0.4) is 0 Å². The SMILES string of the molecule is COc1cc(-c2nc3c(N4CCOCC4)nc(C)nc3n2C)ccn1. The summed E-state index contributed by atoms with van der Waals surface area (Å²) in [5, 5.41) is 0. The van der Waals surface area contributed by atoms with Crippen molar-refractivity contribution in [2.75, 3.05) is 38.3 Å². The summed E-state index contributed by atoms with van der Waals surface area (Å²) in [6.45, 7) is 4.92. The molecule has 0 aromatic carbocycles. The Bertz CT molecular complexity index is 917. The normalized spacial score (nSPS) is 14.9. The molecular formula is C17H20N6O2. The van der Waals surface area contributed by atoms with E-state index >= 15 is 0 Å². The fourth-order valence-corrected chi connectivity index (χ4v) is 3.07. The molecule has 25 heavy (non-hydrogen) atoms. The molecule has 1 saturated heterocycles. The maximum absolute atomic E-state index is 5.46. The van der Waals surface area contributed by atoms with Crippen LogP contribution in [-0.4, -0.2) is 57.9 Å². The van der Waals surface area contributed by atoms with Gasteiger partial charge in [-0.2, -0.15) is 0 Å². The van der Waals surface area contributed by atoms with Gasteiger partial charge in [0.05, 0.1) is 20.3 Å². The smallest absolute Gasteiger partial charge is 0.213 e. The van der Waals surface area contributed by atoms with Crippen LogP contribution < -0.4 is 9.64 Å². The lowest BCUT2D eigenvalue weighted by atomic mass is 10.2. The van der Waals surface area contributed by atoms with Gasteiger partial charge in [0, 0.05) is 38.0 Å². The second-order valence-electron chi connectivity index (χ2n) is 5.95. The van der Waals surface area contributed by atoms with Crippen molar-refractivity contribution in [3.63, 3.8) is 0 Å². The third kappa shape index (κ3) is 2.78. The Morgan fingerprint density at radius 1 is 1.16 bits per heavy atom. The Kier molecular flexibility index (Phi) is 3.96. The molecule has 0 atom stereocenters. The molecule has 0 saturated carbocycles.